The smallest absolute Gasteiger partial charge is 0.416 e. The second-order valence-corrected chi connectivity index (χ2v) is 7.01. The highest BCUT2D eigenvalue weighted by Crippen LogP contribution is 2.29. The van der Waals surface area contributed by atoms with Crippen molar-refractivity contribution in [3.05, 3.63) is 59.1 Å². The summed E-state index contributed by atoms with van der Waals surface area (Å²) in [5, 5.41) is 3.00. The summed E-state index contributed by atoms with van der Waals surface area (Å²) in [7, 11) is 2.92. The topological polar surface area (TPSA) is 60.9 Å². The van der Waals surface area contributed by atoms with Crippen LogP contribution in [0.2, 0.25) is 0 Å². The first kappa shape index (κ1) is 19.7. The normalized spacial score (nSPS) is 10.4. The first-order valence-electron chi connectivity index (χ1n) is 8.67. The molecule has 6 nitrogen and oxygen atoms in total. The fourth-order valence-corrected chi connectivity index (χ4v) is 3.48. The highest BCUT2D eigenvalue weighted by Gasteiger charge is 2.18. The van der Waals surface area contributed by atoms with Crippen LogP contribution in [-0.4, -0.2) is 32.0 Å². The molecule has 0 unspecified atom stereocenters. The van der Waals surface area contributed by atoms with Crippen molar-refractivity contribution in [2.45, 2.75) is 13.8 Å². The molecule has 0 N–H and O–H groups in total. The number of aromatic nitrogens is 1. The minimum absolute atomic E-state index is 0.0103. The van der Waals surface area contributed by atoms with Gasteiger partial charge in [0.2, 0.25) is 0 Å². The zero-order valence-corrected chi connectivity index (χ0v) is 17.1. The van der Waals surface area contributed by atoms with Crippen molar-refractivity contribution in [3.8, 4) is 22.1 Å². The summed E-state index contributed by atoms with van der Waals surface area (Å²) in [4.78, 5) is 18.2. The van der Waals surface area contributed by atoms with Gasteiger partial charge in [-0.05, 0) is 49.7 Å². The summed E-state index contributed by atoms with van der Waals surface area (Å²) in [5.41, 5.74) is 3.63. The molecule has 0 saturated carbocycles. The summed E-state index contributed by atoms with van der Waals surface area (Å²) < 4.78 is 16.0. The fourth-order valence-electron chi connectivity index (χ4n) is 2.69. The number of aryl methyl sites for hydroxylation is 2. The second-order valence-electron chi connectivity index (χ2n) is 6.15. The molecule has 0 aliphatic carbocycles. The third-order valence-corrected chi connectivity index (χ3v) is 5.16. The van der Waals surface area contributed by atoms with Gasteiger partial charge in [0.15, 0.2) is 6.73 Å². The summed E-state index contributed by atoms with van der Waals surface area (Å²) in [5.74, 6) is 1.33. The quantitative estimate of drug-likeness (QED) is 0.544. The highest BCUT2D eigenvalue weighted by molar-refractivity contribution is 7.13. The number of ether oxygens (including phenoxy) is 3. The van der Waals surface area contributed by atoms with Crippen LogP contribution in [0.15, 0.2) is 47.8 Å². The molecule has 1 heterocycles. The van der Waals surface area contributed by atoms with Crippen molar-refractivity contribution in [2.24, 2.45) is 0 Å². The Balaban J connectivity index is 1.78. The van der Waals surface area contributed by atoms with Crippen LogP contribution in [0, 0.1) is 13.8 Å². The van der Waals surface area contributed by atoms with Crippen LogP contribution < -0.4 is 14.4 Å². The Morgan fingerprint density at radius 1 is 1.14 bits per heavy atom. The molecular weight excluding hydrogens is 376 g/mol. The number of methoxy groups -OCH3 is 2. The molecule has 0 bridgehead atoms. The molecule has 0 fully saturated rings. The van der Waals surface area contributed by atoms with Gasteiger partial charge in [0, 0.05) is 22.7 Å². The number of rotatable bonds is 6. The Morgan fingerprint density at radius 2 is 1.96 bits per heavy atom. The molecule has 2 aromatic carbocycles. The van der Waals surface area contributed by atoms with E-state index in [9.17, 15) is 4.79 Å². The van der Waals surface area contributed by atoms with E-state index in [0.717, 1.165) is 21.8 Å². The van der Waals surface area contributed by atoms with E-state index in [-0.39, 0.29) is 6.73 Å². The molecule has 0 atom stereocenters. The minimum atomic E-state index is -0.513. The Bertz CT molecular complexity index is 971. The monoisotopic (exact) mass is 398 g/mol. The van der Waals surface area contributed by atoms with Crippen molar-refractivity contribution in [1.82, 2.24) is 4.98 Å². The number of benzene rings is 2. The van der Waals surface area contributed by atoms with E-state index in [2.05, 4.69) is 4.98 Å². The zero-order chi connectivity index (χ0) is 20.1. The van der Waals surface area contributed by atoms with Crippen LogP contribution in [0.1, 0.15) is 11.3 Å². The molecule has 0 spiro atoms. The van der Waals surface area contributed by atoms with Crippen molar-refractivity contribution in [2.75, 3.05) is 25.9 Å². The number of nitrogens with zero attached hydrogens (tertiary/aromatic N) is 2. The maximum atomic E-state index is 12.2. The molecule has 1 amide bonds. The third kappa shape index (κ3) is 4.43. The lowest BCUT2D eigenvalue weighted by molar-refractivity contribution is 0.170. The number of anilines is 1. The molecule has 146 valence electrons. The van der Waals surface area contributed by atoms with E-state index >= 15 is 0 Å². The number of carbonyl (C=O) groups is 1. The fraction of sp³-hybridized carbons (Fsp3) is 0.238. The van der Waals surface area contributed by atoms with Crippen LogP contribution in [0.5, 0.6) is 11.5 Å². The zero-order valence-electron chi connectivity index (χ0n) is 16.3. The first-order chi connectivity index (χ1) is 13.5. The first-order valence-corrected chi connectivity index (χ1v) is 9.55. The molecule has 0 radical (unpaired) electrons. The number of hydrogen-bond acceptors (Lipinski definition) is 6. The molecule has 0 aliphatic heterocycles. The minimum Gasteiger partial charge on any atom is -0.497 e. The van der Waals surface area contributed by atoms with E-state index in [1.165, 1.54) is 12.0 Å². The number of amides is 1. The van der Waals surface area contributed by atoms with E-state index in [1.54, 1.807) is 36.6 Å². The Morgan fingerprint density at radius 3 is 2.61 bits per heavy atom. The Hall–Kier alpha value is -3.06. The Kier molecular flexibility index (Phi) is 6.16. The molecule has 3 rings (SSSR count). The van der Waals surface area contributed by atoms with Gasteiger partial charge in [-0.1, -0.05) is 6.07 Å². The van der Waals surface area contributed by atoms with E-state index in [4.69, 9.17) is 14.2 Å². The molecule has 3 aromatic rings. The van der Waals surface area contributed by atoms with Gasteiger partial charge in [-0.15, -0.1) is 11.3 Å². The van der Waals surface area contributed by atoms with Crippen LogP contribution in [0.4, 0.5) is 10.5 Å². The summed E-state index contributed by atoms with van der Waals surface area (Å²) in [6.07, 6.45) is -0.513. The molecule has 1 aromatic heterocycles. The van der Waals surface area contributed by atoms with Crippen molar-refractivity contribution < 1.29 is 19.0 Å². The standard InChI is InChI=1S/C21H22N2O4S/c1-14-10-16(20-22-15(2)12-28-20)8-9-19(14)27-13-23(21(24)26-4)17-6-5-7-18(11-17)25-3/h5-12H,13H2,1-4H3. The van der Waals surface area contributed by atoms with Gasteiger partial charge < -0.3 is 14.2 Å². The van der Waals surface area contributed by atoms with Gasteiger partial charge >= 0.3 is 6.09 Å². The summed E-state index contributed by atoms with van der Waals surface area (Å²) >= 11 is 1.61. The number of hydrogen-bond donors (Lipinski definition) is 0. The molecule has 0 aliphatic rings. The predicted molar refractivity (Wildman–Crippen MR) is 110 cm³/mol. The lowest BCUT2D eigenvalue weighted by Crippen LogP contribution is -2.34. The molecule has 0 saturated heterocycles. The second kappa shape index (κ2) is 8.75. The number of thiazole rings is 1. The van der Waals surface area contributed by atoms with Crippen molar-refractivity contribution >= 4 is 23.1 Å². The maximum Gasteiger partial charge on any atom is 0.416 e. The van der Waals surface area contributed by atoms with Gasteiger partial charge in [0.1, 0.15) is 16.5 Å². The molecular formula is C21H22N2O4S. The van der Waals surface area contributed by atoms with Crippen LogP contribution >= 0.6 is 11.3 Å². The van der Waals surface area contributed by atoms with Crippen LogP contribution in [0.25, 0.3) is 10.6 Å². The number of carbonyl (C=O) groups excluding carboxylic acids is 1. The summed E-state index contributed by atoms with van der Waals surface area (Å²) in [6.45, 7) is 3.95. The Labute approximate surface area is 168 Å². The molecule has 7 heteroatoms. The molecule has 28 heavy (non-hydrogen) atoms. The van der Waals surface area contributed by atoms with Gasteiger partial charge in [-0.2, -0.15) is 0 Å². The van der Waals surface area contributed by atoms with E-state index < -0.39 is 6.09 Å². The maximum absolute atomic E-state index is 12.2. The lowest BCUT2D eigenvalue weighted by Gasteiger charge is -2.22. The van der Waals surface area contributed by atoms with E-state index in [1.807, 2.05) is 43.5 Å². The van der Waals surface area contributed by atoms with Gasteiger partial charge in [0.25, 0.3) is 0 Å². The van der Waals surface area contributed by atoms with Crippen molar-refractivity contribution in [3.63, 3.8) is 0 Å². The van der Waals surface area contributed by atoms with Crippen LogP contribution in [0.3, 0.4) is 0 Å². The lowest BCUT2D eigenvalue weighted by atomic mass is 10.1. The summed E-state index contributed by atoms with van der Waals surface area (Å²) in [6, 6.07) is 13.0. The third-order valence-electron chi connectivity index (χ3n) is 4.15. The van der Waals surface area contributed by atoms with Gasteiger partial charge in [0.05, 0.1) is 19.9 Å². The van der Waals surface area contributed by atoms with Crippen molar-refractivity contribution in [1.29, 1.82) is 0 Å². The van der Waals surface area contributed by atoms with Gasteiger partial charge in [-0.3, -0.25) is 0 Å². The average Bonchev–Trinajstić information content (AvgIpc) is 3.15. The SMILES string of the molecule is COC(=O)N(COc1ccc(-c2nc(C)cs2)cc1C)c1cccc(OC)c1. The van der Waals surface area contributed by atoms with Crippen LogP contribution in [-0.2, 0) is 4.74 Å². The van der Waals surface area contributed by atoms with E-state index in [0.29, 0.717) is 17.2 Å². The largest absolute Gasteiger partial charge is 0.497 e. The predicted octanol–water partition coefficient (Wildman–Crippen LogP) is 5.04. The average molecular weight is 398 g/mol. The highest BCUT2D eigenvalue weighted by atomic mass is 32.1. The van der Waals surface area contributed by atoms with Gasteiger partial charge in [-0.25, -0.2) is 14.7 Å².